The van der Waals surface area contributed by atoms with Crippen LogP contribution in [0.4, 0.5) is 0 Å². The third kappa shape index (κ3) is 3.84. The summed E-state index contributed by atoms with van der Waals surface area (Å²) < 4.78 is 11.6. The van der Waals surface area contributed by atoms with Crippen LogP contribution in [0.5, 0.6) is 0 Å². The van der Waals surface area contributed by atoms with Crippen molar-refractivity contribution in [1.82, 2.24) is 4.90 Å². The van der Waals surface area contributed by atoms with E-state index in [9.17, 15) is 9.59 Å². The average Bonchev–Trinajstić information content (AvgIpc) is 3.03. The number of rotatable bonds is 7. The molecule has 0 aromatic heterocycles. The van der Waals surface area contributed by atoms with Crippen LogP contribution >= 0.6 is 11.8 Å². The van der Waals surface area contributed by atoms with Gasteiger partial charge >= 0.3 is 0 Å². The van der Waals surface area contributed by atoms with E-state index in [0.717, 1.165) is 42.6 Å². The summed E-state index contributed by atoms with van der Waals surface area (Å²) in [5.74, 6) is 0.170. The number of nitrogens with zero attached hydrogens (tertiary/aromatic N) is 1. The zero-order valence-corrected chi connectivity index (χ0v) is 18.0. The molecule has 0 saturated heterocycles. The second-order valence-corrected chi connectivity index (χ2v) is 8.76. The van der Waals surface area contributed by atoms with Crippen molar-refractivity contribution in [3.63, 3.8) is 0 Å². The number of carbonyl (C=O) groups is 2. The van der Waals surface area contributed by atoms with Crippen LogP contribution < -0.4 is 0 Å². The van der Waals surface area contributed by atoms with Gasteiger partial charge in [-0.25, -0.2) is 0 Å². The first-order valence-corrected chi connectivity index (χ1v) is 11.9. The fourth-order valence-corrected chi connectivity index (χ4v) is 5.15. The van der Waals surface area contributed by atoms with Crippen molar-refractivity contribution in [3.8, 4) is 0 Å². The average molecular weight is 416 g/mol. The predicted molar refractivity (Wildman–Crippen MR) is 113 cm³/mol. The maximum Gasteiger partial charge on any atom is 0.290 e. The predicted octanol–water partition coefficient (Wildman–Crippen LogP) is 4.13. The van der Waals surface area contributed by atoms with Crippen molar-refractivity contribution in [1.29, 1.82) is 0 Å². The zero-order chi connectivity index (χ0) is 20.4. The van der Waals surface area contributed by atoms with E-state index < -0.39 is 0 Å². The maximum atomic E-state index is 13.5. The lowest BCUT2D eigenvalue weighted by molar-refractivity contribution is -0.135. The van der Waals surface area contributed by atoms with Gasteiger partial charge in [0, 0.05) is 24.7 Å². The van der Waals surface area contributed by atoms with Gasteiger partial charge in [0.2, 0.25) is 0 Å². The third-order valence-electron chi connectivity index (χ3n) is 6.18. The number of hydrogen-bond acceptors (Lipinski definition) is 5. The maximum absolute atomic E-state index is 13.5. The van der Waals surface area contributed by atoms with Crippen LogP contribution in [0, 0.1) is 5.92 Å². The first-order chi connectivity index (χ1) is 14.2. The summed E-state index contributed by atoms with van der Waals surface area (Å²) in [6, 6.07) is 7.83. The Labute approximate surface area is 176 Å². The quantitative estimate of drug-likeness (QED) is 0.495. The van der Waals surface area contributed by atoms with Gasteiger partial charge in [-0.15, -0.1) is 11.8 Å². The Balaban J connectivity index is 1.68. The number of ketones is 1. The molecule has 0 spiro atoms. The standard InChI is InChI=1S/C23H29NO4S/c1-3-27-14-6-13-24-20(15-9-11-16(29-2)12-10-15)19-21(25)17-7-4-5-8-18(17)28-22(19)23(24)26/h9-12,17-18,20H,3-8,13-14H2,1-2H3. The van der Waals surface area contributed by atoms with E-state index in [1.165, 1.54) is 0 Å². The molecule has 3 unspecified atom stereocenters. The van der Waals surface area contributed by atoms with Crippen molar-refractivity contribution in [3.05, 3.63) is 41.2 Å². The number of thioether (sulfide) groups is 1. The minimum absolute atomic E-state index is 0.105. The molecule has 5 nitrogen and oxygen atoms in total. The van der Waals surface area contributed by atoms with Crippen LogP contribution in [-0.2, 0) is 19.1 Å². The van der Waals surface area contributed by atoms with Gasteiger partial charge in [-0.2, -0.15) is 0 Å². The van der Waals surface area contributed by atoms with E-state index >= 15 is 0 Å². The second kappa shape index (κ2) is 8.92. The molecule has 156 valence electrons. The first-order valence-electron chi connectivity index (χ1n) is 10.6. The van der Waals surface area contributed by atoms with Gasteiger partial charge in [-0.1, -0.05) is 18.6 Å². The van der Waals surface area contributed by atoms with E-state index in [-0.39, 0.29) is 29.8 Å². The topological polar surface area (TPSA) is 55.8 Å². The lowest BCUT2D eigenvalue weighted by atomic mass is 9.77. The van der Waals surface area contributed by atoms with Gasteiger partial charge in [0.15, 0.2) is 11.5 Å². The highest BCUT2D eigenvalue weighted by Gasteiger charge is 2.51. The summed E-state index contributed by atoms with van der Waals surface area (Å²) in [6.07, 6.45) is 6.47. The fraction of sp³-hybridized carbons (Fsp3) is 0.565. The van der Waals surface area contributed by atoms with E-state index in [1.54, 1.807) is 11.8 Å². The van der Waals surface area contributed by atoms with Crippen LogP contribution in [0.3, 0.4) is 0 Å². The van der Waals surface area contributed by atoms with Gasteiger partial charge < -0.3 is 14.4 Å². The molecule has 1 fully saturated rings. The first kappa shape index (κ1) is 20.5. The number of hydrogen-bond donors (Lipinski definition) is 0. The number of fused-ring (bicyclic) bond motifs is 1. The third-order valence-corrected chi connectivity index (χ3v) is 6.93. The van der Waals surface area contributed by atoms with Crippen molar-refractivity contribution in [2.45, 2.75) is 56.1 Å². The molecule has 1 aromatic carbocycles. The molecule has 1 aliphatic carbocycles. The van der Waals surface area contributed by atoms with E-state index in [4.69, 9.17) is 9.47 Å². The zero-order valence-electron chi connectivity index (χ0n) is 17.2. The molecule has 1 aromatic rings. The van der Waals surface area contributed by atoms with Crippen molar-refractivity contribution < 1.29 is 19.1 Å². The molecule has 1 saturated carbocycles. The largest absolute Gasteiger partial charge is 0.483 e. The number of benzene rings is 1. The van der Waals surface area contributed by atoms with Crippen LogP contribution in [-0.4, -0.2) is 48.7 Å². The number of amides is 1. The highest BCUT2D eigenvalue weighted by Crippen LogP contribution is 2.46. The summed E-state index contributed by atoms with van der Waals surface area (Å²) >= 11 is 1.68. The summed E-state index contributed by atoms with van der Waals surface area (Å²) in [4.78, 5) is 29.7. The minimum Gasteiger partial charge on any atom is -0.483 e. The monoisotopic (exact) mass is 415 g/mol. The fourth-order valence-electron chi connectivity index (χ4n) is 4.74. The summed E-state index contributed by atoms with van der Waals surface area (Å²) in [7, 11) is 0. The molecular formula is C23H29NO4S. The molecule has 1 amide bonds. The Morgan fingerprint density at radius 2 is 1.93 bits per heavy atom. The molecular weight excluding hydrogens is 386 g/mol. The number of carbonyl (C=O) groups excluding carboxylic acids is 2. The Morgan fingerprint density at radius 1 is 1.17 bits per heavy atom. The van der Waals surface area contributed by atoms with Gasteiger partial charge in [0.25, 0.3) is 5.91 Å². The molecule has 3 atom stereocenters. The Morgan fingerprint density at radius 3 is 2.66 bits per heavy atom. The van der Waals surface area contributed by atoms with Gasteiger partial charge in [-0.3, -0.25) is 9.59 Å². The highest BCUT2D eigenvalue weighted by atomic mass is 32.2. The molecule has 29 heavy (non-hydrogen) atoms. The molecule has 0 bridgehead atoms. The number of ether oxygens (including phenoxy) is 2. The highest BCUT2D eigenvalue weighted by molar-refractivity contribution is 7.98. The smallest absolute Gasteiger partial charge is 0.290 e. The van der Waals surface area contributed by atoms with Crippen LogP contribution in [0.25, 0.3) is 0 Å². The molecule has 6 heteroatoms. The molecule has 2 aliphatic heterocycles. The molecule has 0 radical (unpaired) electrons. The molecule has 3 aliphatic rings. The van der Waals surface area contributed by atoms with Crippen molar-refractivity contribution >= 4 is 23.5 Å². The van der Waals surface area contributed by atoms with Gasteiger partial charge in [0.1, 0.15) is 6.10 Å². The summed E-state index contributed by atoms with van der Waals surface area (Å²) in [6.45, 7) is 3.77. The Bertz CT molecular complexity index is 804. The van der Waals surface area contributed by atoms with Crippen LogP contribution in [0.1, 0.15) is 50.6 Å². The van der Waals surface area contributed by atoms with Crippen molar-refractivity contribution in [2.75, 3.05) is 26.0 Å². The molecule has 0 N–H and O–H groups in total. The van der Waals surface area contributed by atoms with E-state index in [1.807, 2.05) is 30.2 Å². The van der Waals surface area contributed by atoms with E-state index in [2.05, 4.69) is 12.1 Å². The lowest BCUT2D eigenvalue weighted by Crippen LogP contribution is -2.39. The SMILES string of the molecule is CCOCCCN1C(=O)C2=C(C(=O)C3CCCCC3O2)C1c1ccc(SC)cc1. The number of Topliss-reactive ketones (excluding diaryl/α,β-unsaturated/α-hetero) is 1. The molecule has 2 heterocycles. The Hall–Kier alpha value is -1.79. The van der Waals surface area contributed by atoms with Gasteiger partial charge in [-0.05, 0) is 56.6 Å². The van der Waals surface area contributed by atoms with Crippen molar-refractivity contribution in [2.24, 2.45) is 5.92 Å². The minimum atomic E-state index is -0.356. The summed E-state index contributed by atoms with van der Waals surface area (Å²) in [5, 5.41) is 0. The van der Waals surface area contributed by atoms with Crippen LogP contribution in [0.15, 0.2) is 40.5 Å². The van der Waals surface area contributed by atoms with Gasteiger partial charge in [0.05, 0.1) is 17.5 Å². The Kier molecular flexibility index (Phi) is 6.30. The lowest BCUT2D eigenvalue weighted by Gasteiger charge is -2.35. The second-order valence-electron chi connectivity index (χ2n) is 7.88. The molecule has 4 rings (SSSR count). The van der Waals surface area contributed by atoms with E-state index in [0.29, 0.717) is 31.1 Å². The normalized spacial score (nSPS) is 26.4. The summed E-state index contributed by atoms with van der Waals surface area (Å²) in [5.41, 5.74) is 1.55. The van der Waals surface area contributed by atoms with Crippen LogP contribution in [0.2, 0.25) is 0 Å².